The van der Waals surface area contributed by atoms with Crippen molar-refractivity contribution in [3.05, 3.63) is 83.1 Å². The molecule has 2 aromatic carbocycles. The van der Waals surface area contributed by atoms with Crippen molar-refractivity contribution in [3.8, 4) is 5.69 Å². The van der Waals surface area contributed by atoms with Gasteiger partial charge in [0.15, 0.2) is 0 Å². The number of nitrogens with zero attached hydrogens (tertiary/aromatic N) is 4. The fourth-order valence-corrected chi connectivity index (χ4v) is 4.68. The van der Waals surface area contributed by atoms with E-state index in [2.05, 4.69) is 15.3 Å². The van der Waals surface area contributed by atoms with E-state index in [0.29, 0.717) is 37.6 Å². The van der Waals surface area contributed by atoms with Gasteiger partial charge in [0.25, 0.3) is 0 Å². The first-order valence-corrected chi connectivity index (χ1v) is 11.1. The van der Waals surface area contributed by atoms with Gasteiger partial charge in [-0.15, -0.1) is 0 Å². The fourth-order valence-electron chi connectivity index (χ4n) is 4.46. The number of para-hydroxylation sites is 1. The summed E-state index contributed by atoms with van der Waals surface area (Å²) in [6.07, 6.45) is 4.28. The molecule has 32 heavy (non-hydrogen) atoms. The van der Waals surface area contributed by atoms with Gasteiger partial charge in [0.2, 0.25) is 11.8 Å². The molecule has 3 heterocycles. The van der Waals surface area contributed by atoms with Crippen LogP contribution in [-0.2, 0) is 22.6 Å². The number of rotatable bonds is 5. The Balaban J connectivity index is 1.24. The molecular weight excluding hydrogens is 426 g/mol. The lowest BCUT2D eigenvalue weighted by Gasteiger charge is -2.45. The minimum Gasteiger partial charge on any atom is -0.342 e. The van der Waals surface area contributed by atoms with E-state index in [1.54, 1.807) is 9.58 Å². The number of benzene rings is 2. The Morgan fingerprint density at radius 1 is 1.00 bits per heavy atom. The van der Waals surface area contributed by atoms with Crippen molar-refractivity contribution in [1.29, 1.82) is 0 Å². The molecule has 0 radical (unpaired) electrons. The molecule has 2 aliphatic rings. The van der Waals surface area contributed by atoms with Crippen molar-refractivity contribution in [2.75, 3.05) is 19.6 Å². The Morgan fingerprint density at radius 2 is 1.78 bits per heavy atom. The van der Waals surface area contributed by atoms with Gasteiger partial charge in [-0.05, 0) is 17.7 Å². The van der Waals surface area contributed by atoms with Crippen molar-refractivity contribution < 1.29 is 9.59 Å². The lowest BCUT2D eigenvalue weighted by molar-refractivity contribution is -0.153. The van der Waals surface area contributed by atoms with E-state index in [1.807, 2.05) is 67.0 Å². The number of halogens is 1. The number of piperazine rings is 2. The van der Waals surface area contributed by atoms with Gasteiger partial charge >= 0.3 is 0 Å². The van der Waals surface area contributed by atoms with Crippen LogP contribution in [0.15, 0.2) is 67.0 Å². The molecule has 0 unspecified atom stereocenters. The number of fused-ring (bicyclic) bond motifs is 1. The van der Waals surface area contributed by atoms with Crippen LogP contribution in [0.3, 0.4) is 0 Å². The van der Waals surface area contributed by atoms with Crippen LogP contribution < -0.4 is 5.32 Å². The Kier molecular flexibility index (Phi) is 5.68. The maximum Gasteiger partial charge on any atom is 0.246 e. The molecule has 7 nitrogen and oxygen atoms in total. The van der Waals surface area contributed by atoms with E-state index >= 15 is 0 Å². The number of carbonyl (C=O) groups excluding carboxylic acids is 2. The Morgan fingerprint density at radius 3 is 2.59 bits per heavy atom. The van der Waals surface area contributed by atoms with Crippen LogP contribution in [0.4, 0.5) is 0 Å². The van der Waals surface area contributed by atoms with Crippen molar-refractivity contribution in [2.45, 2.75) is 25.0 Å². The van der Waals surface area contributed by atoms with Gasteiger partial charge in [0, 0.05) is 44.4 Å². The molecule has 0 aliphatic carbocycles. The molecule has 0 bridgehead atoms. The summed E-state index contributed by atoms with van der Waals surface area (Å²) >= 11 is 6.28. The lowest BCUT2D eigenvalue weighted by Crippen LogP contribution is -2.69. The summed E-state index contributed by atoms with van der Waals surface area (Å²) in [6, 6.07) is 16.4. The first kappa shape index (κ1) is 20.7. The molecule has 0 spiro atoms. The average Bonchev–Trinajstić information content (AvgIpc) is 3.26. The number of carbonyl (C=O) groups is 2. The van der Waals surface area contributed by atoms with Crippen molar-refractivity contribution in [2.24, 2.45) is 0 Å². The van der Waals surface area contributed by atoms with E-state index in [1.165, 1.54) is 0 Å². The number of hydrogen-bond acceptors (Lipinski definition) is 4. The maximum absolute atomic E-state index is 13.0. The van der Waals surface area contributed by atoms with Gasteiger partial charge < -0.3 is 10.2 Å². The number of nitrogens with one attached hydrogen (secondary N) is 1. The van der Waals surface area contributed by atoms with Crippen molar-refractivity contribution in [3.63, 3.8) is 0 Å². The highest BCUT2D eigenvalue weighted by atomic mass is 35.5. The second kappa shape index (κ2) is 8.76. The SMILES string of the molecule is O=C1N[C@@H](Cc2ccccc2)C(=O)N2CCN(Cc3cnn(-c4ccccc4Cl)c3)C[C@H]12. The molecule has 1 aromatic heterocycles. The molecule has 5 rings (SSSR count). The van der Waals surface area contributed by atoms with Crippen LogP contribution in [0.2, 0.25) is 5.02 Å². The molecule has 8 heteroatoms. The average molecular weight is 450 g/mol. The zero-order chi connectivity index (χ0) is 22.1. The zero-order valence-corrected chi connectivity index (χ0v) is 18.3. The van der Waals surface area contributed by atoms with Crippen molar-refractivity contribution in [1.82, 2.24) is 24.9 Å². The first-order valence-electron chi connectivity index (χ1n) is 10.7. The monoisotopic (exact) mass is 449 g/mol. The van der Waals surface area contributed by atoms with Crippen LogP contribution in [0.5, 0.6) is 0 Å². The summed E-state index contributed by atoms with van der Waals surface area (Å²) in [6.45, 7) is 2.42. The highest BCUT2D eigenvalue weighted by Gasteiger charge is 2.43. The number of amides is 2. The molecule has 2 amide bonds. The molecule has 2 aliphatic heterocycles. The van der Waals surface area contributed by atoms with E-state index in [4.69, 9.17) is 11.6 Å². The van der Waals surface area contributed by atoms with E-state index in [-0.39, 0.29) is 11.8 Å². The normalized spacial score (nSPS) is 21.3. The molecule has 2 atom stereocenters. The summed E-state index contributed by atoms with van der Waals surface area (Å²) in [5.41, 5.74) is 2.90. The predicted octanol–water partition coefficient (Wildman–Crippen LogP) is 2.28. The quantitative estimate of drug-likeness (QED) is 0.648. The standard InChI is InChI=1S/C24H24ClN5O2/c25-19-8-4-5-9-21(19)30-15-18(13-26-30)14-28-10-11-29-22(16-28)23(31)27-20(24(29)32)12-17-6-2-1-3-7-17/h1-9,13,15,20,22H,10-12,14,16H2,(H,27,31)/t20-,22+/m0/s1. The minimum atomic E-state index is -0.499. The summed E-state index contributed by atoms with van der Waals surface area (Å²) < 4.78 is 1.76. The fraction of sp³-hybridized carbons (Fsp3) is 0.292. The minimum absolute atomic E-state index is 0.00430. The van der Waals surface area contributed by atoms with Crippen LogP contribution in [0.1, 0.15) is 11.1 Å². The van der Waals surface area contributed by atoms with Crippen LogP contribution >= 0.6 is 11.6 Å². The second-order valence-corrected chi connectivity index (χ2v) is 8.69. The second-order valence-electron chi connectivity index (χ2n) is 8.28. The van der Waals surface area contributed by atoms with Crippen LogP contribution in [0, 0.1) is 0 Å². The van der Waals surface area contributed by atoms with E-state index in [9.17, 15) is 9.59 Å². The van der Waals surface area contributed by atoms with Gasteiger partial charge in [-0.2, -0.15) is 5.10 Å². The largest absolute Gasteiger partial charge is 0.342 e. The van der Waals surface area contributed by atoms with Gasteiger partial charge in [-0.1, -0.05) is 54.1 Å². The van der Waals surface area contributed by atoms with Crippen LogP contribution in [-0.4, -0.2) is 63.1 Å². The molecule has 164 valence electrons. The van der Waals surface area contributed by atoms with Crippen molar-refractivity contribution >= 4 is 23.4 Å². The zero-order valence-electron chi connectivity index (χ0n) is 17.5. The Labute approximate surface area is 191 Å². The van der Waals surface area contributed by atoms with Gasteiger partial charge in [0.05, 0.1) is 16.9 Å². The third kappa shape index (κ3) is 4.13. The molecular formula is C24H24ClN5O2. The van der Waals surface area contributed by atoms with Gasteiger partial charge in [-0.3, -0.25) is 14.5 Å². The lowest BCUT2D eigenvalue weighted by atomic mass is 9.98. The third-order valence-electron chi connectivity index (χ3n) is 6.09. The molecule has 1 N–H and O–H groups in total. The Hall–Kier alpha value is -3.16. The van der Waals surface area contributed by atoms with Crippen LogP contribution in [0.25, 0.3) is 5.69 Å². The van der Waals surface area contributed by atoms with Gasteiger partial charge in [-0.25, -0.2) is 4.68 Å². The maximum atomic E-state index is 13.0. The molecule has 3 aromatic rings. The van der Waals surface area contributed by atoms with E-state index < -0.39 is 12.1 Å². The number of hydrogen-bond donors (Lipinski definition) is 1. The van der Waals surface area contributed by atoms with Gasteiger partial charge in [0.1, 0.15) is 12.1 Å². The summed E-state index contributed by atoms with van der Waals surface area (Å²) in [7, 11) is 0. The first-order chi connectivity index (χ1) is 15.6. The summed E-state index contributed by atoms with van der Waals surface area (Å²) in [4.78, 5) is 29.8. The number of aromatic nitrogens is 2. The highest BCUT2D eigenvalue weighted by Crippen LogP contribution is 2.22. The predicted molar refractivity (Wildman–Crippen MR) is 121 cm³/mol. The topological polar surface area (TPSA) is 70.5 Å². The smallest absolute Gasteiger partial charge is 0.246 e. The highest BCUT2D eigenvalue weighted by molar-refractivity contribution is 6.32. The molecule has 2 fully saturated rings. The third-order valence-corrected chi connectivity index (χ3v) is 6.41. The summed E-state index contributed by atoms with van der Waals surface area (Å²) in [5, 5.41) is 8.01. The Bertz CT molecular complexity index is 1130. The van der Waals surface area contributed by atoms with E-state index in [0.717, 1.165) is 16.8 Å². The summed E-state index contributed by atoms with van der Waals surface area (Å²) in [5.74, 6) is -0.0772. The molecule has 2 saturated heterocycles. The molecule has 0 saturated carbocycles.